The van der Waals surface area contributed by atoms with Crippen LogP contribution >= 0.6 is 11.3 Å². The molecule has 0 saturated heterocycles. The van der Waals surface area contributed by atoms with Crippen molar-refractivity contribution in [3.63, 3.8) is 0 Å². The molecule has 1 aliphatic heterocycles. The van der Waals surface area contributed by atoms with E-state index in [0.717, 1.165) is 34.2 Å². The van der Waals surface area contributed by atoms with Crippen molar-refractivity contribution in [1.29, 1.82) is 0 Å². The van der Waals surface area contributed by atoms with Gasteiger partial charge in [-0.2, -0.15) is 4.98 Å². The highest BCUT2D eigenvalue weighted by Crippen LogP contribution is 2.37. The Labute approximate surface area is 168 Å². The quantitative estimate of drug-likeness (QED) is 0.497. The lowest BCUT2D eigenvalue weighted by Crippen LogP contribution is -2.04. The Bertz CT molecular complexity index is 1180. The fourth-order valence-corrected chi connectivity index (χ4v) is 3.67. The van der Waals surface area contributed by atoms with Crippen molar-refractivity contribution in [3.05, 3.63) is 64.0 Å². The molecule has 0 amide bonds. The molecule has 4 N–H and O–H groups in total. The molecule has 0 aliphatic carbocycles. The lowest BCUT2D eigenvalue weighted by atomic mass is 10.1. The minimum Gasteiger partial charge on any atom is -0.492 e. The number of aromatic hydroxyl groups is 1. The Morgan fingerprint density at radius 2 is 1.72 bits per heavy atom. The zero-order chi connectivity index (χ0) is 20.5. The highest BCUT2D eigenvalue weighted by Gasteiger charge is 2.16. The van der Waals surface area contributed by atoms with Gasteiger partial charge in [-0.3, -0.25) is 4.99 Å². The molecule has 144 valence electrons. The number of aliphatic imine (C=N–C) groups is 1. The molecule has 1 aliphatic rings. The van der Waals surface area contributed by atoms with E-state index >= 15 is 0 Å². The normalized spacial score (nSPS) is 13.4. The largest absolute Gasteiger partial charge is 0.492 e. The van der Waals surface area contributed by atoms with Crippen molar-refractivity contribution in [2.75, 3.05) is 5.32 Å². The van der Waals surface area contributed by atoms with E-state index in [1.165, 1.54) is 12.1 Å². The van der Waals surface area contributed by atoms with E-state index in [9.17, 15) is 24.9 Å². The average Bonchev–Trinajstić information content (AvgIpc) is 3.25. The molecule has 3 aromatic rings. The summed E-state index contributed by atoms with van der Waals surface area (Å²) >= 11 is 1.14. The van der Waals surface area contributed by atoms with Crippen LogP contribution in [0.4, 0.5) is 16.5 Å². The van der Waals surface area contributed by atoms with Crippen LogP contribution in [0.5, 0.6) is 5.88 Å². The Morgan fingerprint density at radius 1 is 1.03 bits per heavy atom. The van der Waals surface area contributed by atoms with Gasteiger partial charge in [-0.05, 0) is 30.3 Å². The Morgan fingerprint density at radius 3 is 2.41 bits per heavy atom. The number of carboxylic acid groups (broad SMARTS) is 2. The second-order valence-corrected chi connectivity index (χ2v) is 7.15. The number of thiazole rings is 1. The van der Waals surface area contributed by atoms with Crippen LogP contribution in [0.15, 0.2) is 47.5 Å². The van der Waals surface area contributed by atoms with Crippen molar-refractivity contribution in [1.82, 2.24) is 4.98 Å². The van der Waals surface area contributed by atoms with Crippen LogP contribution in [0.3, 0.4) is 0 Å². The lowest BCUT2D eigenvalue weighted by molar-refractivity contribution is 0.0696. The summed E-state index contributed by atoms with van der Waals surface area (Å²) < 4.78 is 0. The van der Waals surface area contributed by atoms with Crippen LogP contribution in [0.1, 0.15) is 31.2 Å². The number of aromatic carboxylic acids is 2. The minimum atomic E-state index is -1.25. The average molecular weight is 407 g/mol. The van der Waals surface area contributed by atoms with Gasteiger partial charge in [0.25, 0.3) is 0 Å². The van der Waals surface area contributed by atoms with Crippen LogP contribution in [-0.2, 0) is 0 Å². The van der Waals surface area contributed by atoms with Crippen LogP contribution in [0.2, 0.25) is 0 Å². The summed E-state index contributed by atoms with van der Waals surface area (Å²) in [6, 6.07) is 11.3. The molecule has 9 heteroatoms. The van der Waals surface area contributed by atoms with E-state index in [2.05, 4.69) is 15.3 Å². The summed E-state index contributed by atoms with van der Waals surface area (Å²) in [7, 11) is 0. The summed E-state index contributed by atoms with van der Waals surface area (Å²) in [5, 5.41) is 31.7. The maximum absolute atomic E-state index is 11.2. The van der Waals surface area contributed by atoms with E-state index in [0.29, 0.717) is 4.88 Å². The fourth-order valence-electron chi connectivity index (χ4n) is 2.84. The SMILES string of the molecule is O=C(O)c1cc(Nc2nc(O)c(/C=C3\C=Nc4ccccc43)s2)cc(C(=O)O)c1. The van der Waals surface area contributed by atoms with E-state index in [4.69, 9.17) is 0 Å². The molecule has 4 rings (SSSR count). The first-order valence-corrected chi connectivity index (χ1v) is 9.16. The number of allylic oxidation sites excluding steroid dienone is 1. The zero-order valence-corrected chi connectivity index (χ0v) is 15.5. The van der Waals surface area contributed by atoms with Gasteiger partial charge in [-0.1, -0.05) is 29.5 Å². The second-order valence-electron chi connectivity index (χ2n) is 6.12. The van der Waals surface area contributed by atoms with Gasteiger partial charge in [0.15, 0.2) is 5.13 Å². The Hall–Kier alpha value is -3.98. The molecule has 1 aromatic heterocycles. The summed E-state index contributed by atoms with van der Waals surface area (Å²) in [4.78, 5) is 31.3. The second kappa shape index (κ2) is 7.21. The lowest BCUT2D eigenvalue weighted by Gasteiger charge is -2.06. The van der Waals surface area contributed by atoms with Crippen molar-refractivity contribution >= 4 is 57.6 Å². The molecule has 0 saturated carbocycles. The van der Waals surface area contributed by atoms with Gasteiger partial charge < -0.3 is 20.6 Å². The first kappa shape index (κ1) is 18.4. The molecule has 29 heavy (non-hydrogen) atoms. The highest BCUT2D eigenvalue weighted by molar-refractivity contribution is 7.16. The van der Waals surface area contributed by atoms with E-state index in [1.54, 1.807) is 12.3 Å². The number of carbonyl (C=O) groups is 2. The molecule has 0 spiro atoms. The molecule has 0 bridgehead atoms. The Balaban J connectivity index is 1.65. The molecular weight excluding hydrogens is 394 g/mol. The van der Waals surface area contributed by atoms with Crippen LogP contribution < -0.4 is 5.32 Å². The van der Waals surface area contributed by atoms with Crippen LogP contribution in [-0.4, -0.2) is 38.5 Å². The van der Waals surface area contributed by atoms with Gasteiger partial charge in [0, 0.05) is 23.0 Å². The number of carboxylic acids is 2. The maximum atomic E-state index is 11.2. The number of fused-ring (bicyclic) bond motifs is 1. The third kappa shape index (κ3) is 3.71. The molecule has 2 heterocycles. The number of benzene rings is 2. The van der Waals surface area contributed by atoms with Crippen LogP contribution in [0, 0.1) is 0 Å². The van der Waals surface area contributed by atoms with Gasteiger partial charge in [-0.25, -0.2) is 9.59 Å². The Kier molecular flexibility index (Phi) is 4.57. The van der Waals surface area contributed by atoms with Gasteiger partial charge in [0.05, 0.1) is 21.7 Å². The first-order chi connectivity index (χ1) is 13.9. The summed E-state index contributed by atoms with van der Waals surface area (Å²) in [6.45, 7) is 0. The van der Waals surface area contributed by atoms with E-state index in [1.807, 2.05) is 24.3 Å². The summed E-state index contributed by atoms with van der Waals surface area (Å²) in [5.41, 5.74) is 2.50. The van der Waals surface area contributed by atoms with Crippen molar-refractivity contribution in [3.8, 4) is 5.88 Å². The number of rotatable bonds is 5. The van der Waals surface area contributed by atoms with Gasteiger partial charge in [0.2, 0.25) is 5.88 Å². The standard InChI is InChI=1S/C20H13N3O5S/c24-17-16(8-12-9-21-15-4-2-1-3-14(12)15)29-20(23-17)22-13-6-10(18(25)26)5-11(7-13)19(27)28/h1-9,24H,(H,22,23)(H,25,26)(H,27,28)/b12-8+. The number of hydrogen-bond acceptors (Lipinski definition) is 7. The molecule has 0 radical (unpaired) electrons. The van der Waals surface area contributed by atoms with Crippen molar-refractivity contribution in [2.45, 2.75) is 0 Å². The summed E-state index contributed by atoms with van der Waals surface area (Å²) in [6.07, 6.45) is 3.45. The predicted molar refractivity (Wildman–Crippen MR) is 110 cm³/mol. The number of para-hydroxylation sites is 1. The minimum absolute atomic E-state index is 0.172. The molecule has 2 aromatic carbocycles. The van der Waals surface area contributed by atoms with Crippen molar-refractivity contribution < 1.29 is 24.9 Å². The number of nitrogens with zero attached hydrogens (tertiary/aromatic N) is 2. The van der Waals surface area contributed by atoms with Gasteiger partial charge in [-0.15, -0.1) is 0 Å². The van der Waals surface area contributed by atoms with Crippen LogP contribution in [0.25, 0.3) is 11.6 Å². The third-order valence-electron chi connectivity index (χ3n) is 4.16. The maximum Gasteiger partial charge on any atom is 0.335 e. The number of anilines is 2. The molecule has 0 unspecified atom stereocenters. The molecular formula is C20H13N3O5S. The first-order valence-electron chi connectivity index (χ1n) is 8.34. The number of aromatic nitrogens is 1. The highest BCUT2D eigenvalue weighted by atomic mass is 32.1. The predicted octanol–water partition coefficient (Wildman–Crippen LogP) is 4.25. The number of nitrogens with one attached hydrogen (secondary N) is 1. The third-order valence-corrected chi connectivity index (χ3v) is 5.06. The number of hydrogen-bond donors (Lipinski definition) is 4. The van der Waals surface area contributed by atoms with E-state index in [-0.39, 0.29) is 27.8 Å². The molecule has 0 fully saturated rings. The van der Waals surface area contributed by atoms with Gasteiger partial charge in [0.1, 0.15) is 0 Å². The van der Waals surface area contributed by atoms with Gasteiger partial charge >= 0.3 is 11.9 Å². The monoisotopic (exact) mass is 407 g/mol. The smallest absolute Gasteiger partial charge is 0.335 e. The fraction of sp³-hybridized carbons (Fsp3) is 0. The molecule has 8 nitrogen and oxygen atoms in total. The molecule has 0 atom stereocenters. The summed E-state index contributed by atoms with van der Waals surface area (Å²) in [5.74, 6) is -2.69. The topological polar surface area (TPSA) is 132 Å². The van der Waals surface area contributed by atoms with E-state index < -0.39 is 11.9 Å². The zero-order valence-electron chi connectivity index (χ0n) is 14.7. The van der Waals surface area contributed by atoms with Crippen molar-refractivity contribution in [2.24, 2.45) is 4.99 Å².